The van der Waals surface area contributed by atoms with Gasteiger partial charge in [0.2, 0.25) is 11.8 Å². The Bertz CT molecular complexity index is 864. The van der Waals surface area contributed by atoms with E-state index in [2.05, 4.69) is 20.7 Å². The molecule has 2 aliphatic heterocycles. The van der Waals surface area contributed by atoms with Crippen LogP contribution in [0.4, 0.5) is 4.39 Å². The number of rotatable bonds is 7. The molecule has 4 rings (SSSR count). The van der Waals surface area contributed by atoms with Crippen molar-refractivity contribution < 1.29 is 14.0 Å². The second kappa shape index (κ2) is 10.1. The Balaban J connectivity index is 1.45. The van der Waals surface area contributed by atoms with Gasteiger partial charge in [0, 0.05) is 30.8 Å². The highest BCUT2D eigenvalue weighted by molar-refractivity contribution is 8.13. The maximum absolute atomic E-state index is 13.3. The fraction of sp³-hybridized carbons (Fsp3) is 0.609. The molecule has 0 aromatic heterocycles. The molecular weight excluding hydrogens is 429 g/mol. The van der Waals surface area contributed by atoms with Crippen molar-refractivity contribution >= 4 is 28.7 Å². The smallest absolute Gasteiger partial charge is 0.230 e. The van der Waals surface area contributed by atoms with Gasteiger partial charge in [0.05, 0.1) is 5.92 Å². The minimum Gasteiger partial charge on any atom is -0.354 e. The van der Waals surface area contributed by atoms with Crippen molar-refractivity contribution in [2.75, 3.05) is 6.54 Å². The predicted molar refractivity (Wildman–Crippen MR) is 124 cm³/mol. The first-order valence-electron chi connectivity index (χ1n) is 11.6. The third-order valence-electron chi connectivity index (χ3n) is 6.62. The van der Waals surface area contributed by atoms with Crippen LogP contribution in [0.5, 0.6) is 0 Å². The van der Waals surface area contributed by atoms with Gasteiger partial charge in [-0.1, -0.05) is 43.7 Å². The number of amides is 2. The molecule has 2 amide bonds. The molecule has 174 valence electrons. The molecule has 2 fully saturated rings. The maximum atomic E-state index is 13.3. The van der Waals surface area contributed by atoms with E-state index in [1.807, 2.05) is 13.8 Å². The highest BCUT2D eigenvalue weighted by Gasteiger charge is 2.50. The Kier molecular flexibility index (Phi) is 7.23. The summed E-state index contributed by atoms with van der Waals surface area (Å²) in [6.45, 7) is 4.38. The quantitative estimate of drug-likeness (QED) is 0.652. The summed E-state index contributed by atoms with van der Waals surface area (Å²) in [5.41, 5.74) is 4.17. The summed E-state index contributed by atoms with van der Waals surface area (Å²) in [6, 6.07) is 6.76. The number of carbonyl (C=O) groups is 2. The lowest BCUT2D eigenvalue weighted by Gasteiger charge is -2.50. The number of amidine groups is 1. The van der Waals surface area contributed by atoms with Crippen LogP contribution in [-0.4, -0.2) is 51.7 Å². The normalized spacial score (nSPS) is 25.5. The molecule has 1 aliphatic carbocycles. The number of halogens is 1. The van der Waals surface area contributed by atoms with Crippen molar-refractivity contribution in [2.24, 2.45) is 11.0 Å². The van der Waals surface area contributed by atoms with Gasteiger partial charge < -0.3 is 15.1 Å². The van der Waals surface area contributed by atoms with E-state index < -0.39 is 0 Å². The SMILES string of the molecule is CCC(C)NC(=O)CCN1C(=O)C2CCCCC2N2C(SCc3ccc(F)cc3)=NNC12. The number of nitrogens with zero attached hydrogens (tertiary/aromatic N) is 3. The summed E-state index contributed by atoms with van der Waals surface area (Å²) >= 11 is 1.60. The molecule has 0 radical (unpaired) electrons. The highest BCUT2D eigenvalue weighted by Crippen LogP contribution is 2.39. The van der Waals surface area contributed by atoms with Crippen molar-refractivity contribution in [3.8, 4) is 0 Å². The third-order valence-corrected chi connectivity index (χ3v) is 7.66. The maximum Gasteiger partial charge on any atom is 0.230 e. The Morgan fingerprint density at radius 2 is 2.06 bits per heavy atom. The standard InChI is InChI=1S/C23H32FN5O2S/c1-3-15(2)25-20(30)12-13-28-21(31)18-6-4-5-7-19(18)29-22(28)26-27-23(29)32-14-16-8-10-17(24)11-9-16/h8-11,15,18-19,22,26H,3-7,12-14H2,1-2H3,(H,25,30). The van der Waals surface area contributed by atoms with Crippen molar-refractivity contribution in [1.82, 2.24) is 20.5 Å². The molecule has 4 atom stereocenters. The predicted octanol–water partition coefficient (Wildman–Crippen LogP) is 3.22. The number of nitrogens with one attached hydrogen (secondary N) is 2. The lowest BCUT2D eigenvalue weighted by atomic mass is 9.81. The average molecular weight is 462 g/mol. The minimum atomic E-state index is -0.353. The summed E-state index contributed by atoms with van der Waals surface area (Å²) in [6.07, 6.45) is 4.79. The zero-order valence-electron chi connectivity index (χ0n) is 18.7. The van der Waals surface area contributed by atoms with E-state index in [4.69, 9.17) is 0 Å². The largest absolute Gasteiger partial charge is 0.354 e. The molecule has 4 unspecified atom stereocenters. The van der Waals surface area contributed by atoms with Crippen LogP contribution in [0.25, 0.3) is 0 Å². The zero-order chi connectivity index (χ0) is 22.7. The van der Waals surface area contributed by atoms with Crippen molar-refractivity contribution in [1.29, 1.82) is 0 Å². The fourth-order valence-electron chi connectivity index (χ4n) is 4.69. The highest BCUT2D eigenvalue weighted by atomic mass is 32.2. The number of hydrogen-bond donors (Lipinski definition) is 2. The molecule has 1 aromatic carbocycles. The zero-order valence-corrected chi connectivity index (χ0v) is 19.5. The molecule has 2 N–H and O–H groups in total. The molecule has 0 bridgehead atoms. The fourth-order valence-corrected chi connectivity index (χ4v) is 5.68. The second-order valence-corrected chi connectivity index (χ2v) is 9.78. The van der Waals surface area contributed by atoms with E-state index >= 15 is 0 Å². The summed E-state index contributed by atoms with van der Waals surface area (Å²) in [5.74, 6) is 0.460. The van der Waals surface area contributed by atoms with Gasteiger partial charge in [0.25, 0.3) is 0 Å². The van der Waals surface area contributed by atoms with E-state index in [1.165, 1.54) is 12.1 Å². The summed E-state index contributed by atoms with van der Waals surface area (Å²) < 4.78 is 13.2. The molecule has 9 heteroatoms. The van der Waals surface area contributed by atoms with Crippen molar-refractivity contribution in [3.05, 3.63) is 35.6 Å². The number of thioether (sulfide) groups is 1. The molecule has 1 aromatic rings. The summed E-state index contributed by atoms with van der Waals surface area (Å²) in [7, 11) is 0. The van der Waals surface area contributed by atoms with E-state index in [-0.39, 0.29) is 48.3 Å². The van der Waals surface area contributed by atoms with Crippen molar-refractivity contribution in [2.45, 2.75) is 76.5 Å². The monoisotopic (exact) mass is 461 g/mol. The minimum absolute atomic E-state index is 0.0331. The van der Waals surface area contributed by atoms with Gasteiger partial charge in [-0.25, -0.2) is 4.39 Å². The molecule has 3 aliphatic rings. The first-order valence-corrected chi connectivity index (χ1v) is 12.5. The molecule has 1 saturated carbocycles. The van der Waals surface area contributed by atoms with E-state index in [1.54, 1.807) is 28.8 Å². The second-order valence-electron chi connectivity index (χ2n) is 8.84. The number of fused-ring (bicyclic) bond motifs is 3. The van der Waals surface area contributed by atoms with Crippen LogP contribution in [-0.2, 0) is 15.3 Å². The molecular formula is C23H32FN5O2S. The van der Waals surface area contributed by atoms with E-state index in [9.17, 15) is 14.0 Å². The van der Waals surface area contributed by atoms with Crippen LogP contribution < -0.4 is 10.7 Å². The number of carbonyl (C=O) groups excluding carboxylic acids is 2. The third kappa shape index (κ3) is 4.87. The Morgan fingerprint density at radius 1 is 1.31 bits per heavy atom. The van der Waals surface area contributed by atoms with Gasteiger partial charge in [0.1, 0.15) is 5.82 Å². The summed E-state index contributed by atoms with van der Waals surface area (Å²) in [5, 5.41) is 8.40. The Hall–Kier alpha value is -2.29. The molecule has 0 spiro atoms. The lowest BCUT2D eigenvalue weighted by Crippen LogP contribution is -2.67. The van der Waals surface area contributed by atoms with Crippen LogP contribution >= 0.6 is 11.8 Å². The molecule has 2 heterocycles. The van der Waals surface area contributed by atoms with Crippen LogP contribution in [0.2, 0.25) is 0 Å². The number of hydrazone groups is 1. The van der Waals surface area contributed by atoms with Crippen molar-refractivity contribution in [3.63, 3.8) is 0 Å². The van der Waals surface area contributed by atoms with Crippen LogP contribution in [0, 0.1) is 11.7 Å². The van der Waals surface area contributed by atoms with E-state index in [0.717, 1.165) is 42.8 Å². The van der Waals surface area contributed by atoms with E-state index in [0.29, 0.717) is 12.3 Å². The number of hydrogen-bond acceptors (Lipinski definition) is 6. The summed E-state index contributed by atoms with van der Waals surface area (Å²) in [4.78, 5) is 29.7. The molecule has 7 nitrogen and oxygen atoms in total. The van der Waals surface area contributed by atoms with Crippen LogP contribution in [0.3, 0.4) is 0 Å². The molecule has 1 saturated heterocycles. The van der Waals surface area contributed by atoms with Gasteiger partial charge in [-0.2, -0.15) is 5.10 Å². The Labute approximate surface area is 193 Å². The van der Waals surface area contributed by atoms with Crippen LogP contribution in [0.15, 0.2) is 29.4 Å². The molecule has 32 heavy (non-hydrogen) atoms. The van der Waals surface area contributed by atoms with Gasteiger partial charge >= 0.3 is 0 Å². The first-order chi connectivity index (χ1) is 15.5. The average Bonchev–Trinajstić information content (AvgIpc) is 3.22. The Morgan fingerprint density at radius 3 is 2.81 bits per heavy atom. The van der Waals surface area contributed by atoms with Gasteiger partial charge in [0.15, 0.2) is 11.5 Å². The van der Waals surface area contributed by atoms with Gasteiger partial charge in [-0.15, -0.1) is 0 Å². The first kappa shape index (κ1) is 22.9. The van der Waals surface area contributed by atoms with Crippen LogP contribution in [0.1, 0.15) is 57.9 Å². The lowest BCUT2D eigenvalue weighted by molar-refractivity contribution is -0.155. The topological polar surface area (TPSA) is 77.0 Å². The number of benzene rings is 1. The van der Waals surface area contributed by atoms with Gasteiger partial charge in [-0.05, 0) is 43.9 Å². The van der Waals surface area contributed by atoms with Gasteiger partial charge in [-0.3, -0.25) is 15.0 Å².